The number of likely N-dealkylation sites (tertiary alicyclic amines) is 1. The molecule has 2 unspecified atom stereocenters. The van der Waals surface area contributed by atoms with Crippen LogP contribution >= 0.6 is 0 Å². The number of phenolic OH excluding ortho intramolecular Hbond substituents is 1. The zero-order valence-corrected chi connectivity index (χ0v) is 20.7. The highest BCUT2D eigenvalue weighted by molar-refractivity contribution is 6.44. The summed E-state index contributed by atoms with van der Waals surface area (Å²) in [4.78, 5) is 41.2. The van der Waals surface area contributed by atoms with Crippen LogP contribution in [0.1, 0.15) is 53.7 Å². The van der Waals surface area contributed by atoms with Crippen molar-refractivity contribution in [1.82, 2.24) is 4.90 Å². The summed E-state index contributed by atoms with van der Waals surface area (Å²) in [5.41, 5.74) is 1.65. The zero-order chi connectivity index (χ0) is 25.5. The smallest absolute Gasteiger partial charge is 0.291 e. The van der Waals surface area contributed by atoms with Crippen LogP contribution in [-0.4, -0.2) is 61.5 Å². The molecule has 1 amide bonds. The molecule has 3 rings (SSSR count). The fourth-order valence-corrected chi connectivity index (χ4v) is 4.33. The lowest BCUT2D eigenvalue weighted by atomic mass is 9.85. The van der Waals surface area contributed by atoms with E-state index in [1.54, 1.807) is 37.4 Å². The van der Waals surface area contributed by atoms with Crippen molar-refractivity contribution < 1.29 is 33.7 Å². The number of aryl methyl sites for hydroxylation is 1. The molecule has 1 N–H and O–H groups in total. The molecule has 0 aliphatic carbocycles. The molecule has 1 fully saturated rings. The zero-order valence-electron chi connectivity index (χ0n) is 20.7. The standard InChI is InChI=1S/C27H33NO7/c1-5-6-14-35-21-11-9-19(15-17(21)2)25(30)23-24(18-8-10-20(29)22(16-18)34-4)28(12-7-13-33-3)27(32)26(23)31/h8-11,15-16,23-24,29H,5-7,12-14H2,1-4H3. The Labute approximate surface area is 205 Å². The second-order valence-corrected chi connectivity index (χ2v) is 8.61. The van der Waals surface area contributed by atoms with Crippen molar-refractivity contribution in [3.05, 3.63) is 53.1 Å². The molecular weight excluding hydrogens is 450 g/mol. The number of nitrogens with zero attached hydrogens (tertiary/aromatic N) is 1. The van der Waals surface area contributed by atoms with Crippen molar-refractivity contribution in [3.63, 3.8) is 0 Å². The summed E-state index contributed by atoms with van der Waals surface area (Å²) in [6, 6.07) is 8.84. The van der Waals surface area contributed by atoms with E-state index in [9.17, 15) is 19.5 Å². The van der Waals surface area contributed by atoms with Gasteiger partial charge in [-0.15, -0.1) is 0 Å². The second kappa shape index (κ2) is 11.8. The summed E-state index contributed by atoms with van der Waals surface area (Å²) in [5, 5.41) is 10.0. The van der Waals surface area contributed by atoms with Gasteiger partial charge in [0.2, 0.25) is 5.78 Å². The lowest BCUT2D eigenvalue weighted by Crippen LogP contribution is -2.32. The summed E-state index contributed by atoms with van der Waals surface area (Å²) in [6.07, 6.45) is 2.44. The molecule has 0 saturated carbocycles. The van der Waals surface area contributed by atoms with Gasteiger partial charge in [0, 0.05) is 25.8 Å². The van der Waals surface area contributed by atoms with Gasteiger partial charge in [-0.05, 0) is 61.2 Å². The van der Waals surface area contributed by atoms with Gasteiger partial charge in [-0.2, -0.15) is 0 Å². The van der Waals surface area contributed by atoms with E-state index in [4.69, 9.17) is 14.2 Å². The minimum Gasteiger partial charge on any atom is -0.504 e. The van der Waals surface area contributed by atoms with Crippen LogP contribution in [0.25, 0.3) is 0 Å². The number of methoxy groups -OCH3 is 2. The molecule has 1 saturated heterocycles. The van der Waals surface area contributed by atoms with Crippen molar-refractivity contribution in [1.29, 1.82) is 0 Å². The number of Topliss-reactive ketones (excluding diaryl/α,β-unsaturated/α-hetero) is 2. The van der Waals surface area contributed by atoms with Crippen LogP contribution in [0.3, 0.4) is 0 Å². The van der Waals surface area contributed by atoms with Gasteiger partial charge in [0.25, 0.3) is 5.91 Å². The minimum absolute atomic E-state index is 0.0741. The number of carbonyl (C=O) groups is 3. The van der Waals surface area contributed by atoms with E-state index in [-0.39, 0.29) is 18.0 Å². The van der Waals surface area contributed by atoms with Gasteiger partial charge in [-0.1, -0.05) is 19.4 Å². The Morgan fingerprint density at radius 1 is 1.03 bits per heavy atom. The van der Waals surface area contributed by atoms with Crippen LogP contribution in [0.4, 0.5) is 0 Å². The lowest BCUT2D eigenvalue weighted by molar-refractivity contribution is -0.140. The van der Waals surface area contributed by atoms with Crippen LogP contribution in [0.2, 0.25) is 0 Å². The average Bonchev–Trinajstić information content (AvgIpc) is 3.10. The Kier molecular flexibility index (Phi) is 8.87. The molecule has 2 aromatic rings. The number of aromatic hydroxyl groups is 1. The number of amides is 1. The van der Waals surface area contributed by atoms with Crippen LogP contribution in [0, 0.1) is 12.8 Å². The van der Waals surface area contributed by atoms with Gasteiger partial charge < -0.3 is 24.2 Å². The van der Waals surface area contributed by atoms with Crippen LogP contribution in [0.5, 0.6) is 17.2 Å². The van der Waals surface area contributed by atoms with Crippen molar-refractivity contribution in [2.24, 2.45) is 5.92 Å². The molecule has 0 radical (unpaired) electrons. The highest BCUT2D eigenvalue weighted by Crippen LogP contribution is 2.41. The normalized spacial score (nSPS) is 17.7. The van der Waals surface area contributed by atoms with Gasteiger partial charge >= 0.3 is 0 Å². The molecule has 35 heavy (non-hydrogen) atoms. The number of hydrogen-bond acceptors (Lipinski definition) is 7. The Bertz CT molecular complexity index is 1080. The lowest BCUT2D eigenvalue weighted by Gasteiger charge is -2.27. The van der Waals surface area contributed by atoms with Crippen LogP contribution in [-0.2, 0) is 14.3 Å². The predicted molar refractivity (Wildman–Crippen MR) is 130 cm³/mol. The minimum atomic E-state index is -1.22. The summed E-state index contributed by atoms with van der Waals surface area (Å²) in [6.45, 7) is 5.16. The van der Waals surface area contributed by atoms with E-state index in [0.29, 0.717) is 36.5 Å². The Morgan fingerprint density at radius 2 is 1.80 bits per heavy atom. The summed E-state index contributed by atoms with van der Waals surface area (Å²) < 4.78 is 16.1. The van der Waals surface area contributed by atoms with Gasteiger partial charge in [-0.3, -0.25) is 14.4 Å². The molecule has 0 bridgehead atoms. The molecular formula is C27H33NO7. The highest BCUT2D eigenvalue weighted by Gasteiger charge is 2.51. The van der Waals surface area contributed by atoms with E-state index in [0.717, 1.165) is 18.4 Å². The Hall–Kier alpha value is -3.39. The first-order chi connectivity index (χ1) is 16.8. The maximum Gasteiger partial charge on any atom is 0.291 e. The van der Waals surface area contributed by atoms with Crippen LogP contribution < -0.4 is 9.47 Å². The third-order valence-corrected chi connectivity index (χ3v) is 6.20. The summed E-state index contributed by atoms with van der Waals surface area (Å²) >= 11 is 0. The fourth-order valence-electron chi connectivity index (χ4n) is 4.33. The molecule has 8 heteroatoms. The van der Waals surface area contributed by atoms with Gasteiger partial charge in [0.15, 0.2) is 17.3 Å². The second-order valence-electron chi connectivity index (χ2n) is 8.61. The van der Waals surface area contributed by atoms with Gasteiger partial charge in [-0.25, -0.2) is 0 Å². The molecule has 2 aromatic carbocycles. The Morgan fingerprint density at radius 3 is 2.46 bits per heavy atom. The van der Waals surface area contributed by atoms with Crippen LogP contribution in [0.15, 0.2) is 36.4 Å². The fraction of sp³-hybridized carbons (Fsp3) is 0.444. The molecule has 8 nitrogen and oxygen atoms in total. The average molecular weight is 484 g/mol. The number of unbranched alkanes of at least 4 members (excludes halogenated alkanes) is 1. The number of hydrogen-bond donors (Lipinski definition) is 1. The number of carbonyl (C=O) groups excluding carboxylic acids is 3. The van der Waals surface area contributed by atoms with E-state index in [2.05, 4.69) is 6.92 Å². The molecule has 1 aliphatic rings. The number of rotatable bonds is 12. The third kappa shape index (κ3) is 5.65. The molecule has 188 valence electrons. The molecule has 1 heterocycles. The van der Waals surface area contributed by atoms with Gasteiger partial charge in [0.1, 0.15) is 11.7 Å². The largest absolute Gasteiger partial charge is 0.504 e. The number of benzene rings is 2. The quantitative estimate of drug-likeness (QED) is 0.212. The predicted octanol–water partition coefficient (Wildman–Crippen LogP) is 3.88. The molecule has 2 atom stereocenters. The van der Waals surface area contributed by atoms with Crippen molar-refractivity contribution in [2.75, 3.05) is 34.0 Å². The van der Waals surface area contributed by atoms with Crippen molar-refractivity contribution in [3.8, 4) is 17.2 Å². The third-order valence-electron chi connectivity index (χ3n) is 6.20. The summed E-state index contributed by atoms with van der Waals surface area (Å²) in [7, 11) is 2.97. The Balaban J connectivity index is 1.98. The van der Waals surface area contributed by atoms with E-state index in [1.165, 1.54) is 18.1 Å². The van der Waals surface area contributed by atoms with E-state index < -0.39 is 29.4 Å². The summed E-state index contributed by atoms with van der Waals surface area (Å²) in [5.74, 6) is -2.29. The maximum atomic E-state index is 13.7. The SMILES string of the molecule is CCCCOc1ccc(C(=O)C2C(=O)C(=O)N(CCCOC)C2c2ccc(O)c(OC)c2)cc1C. The monoisotopic (exact) mass is 483 g/mol. The van der Waals surface area contributed by atoms with E-state index in [1.807, 2.05) is 6.92 Å². The van der Waals surface area contributed by atoms with E-state index >= 15 is 0 Å². The first-order valence-electron chi connectivity index (χ1n) is 11.8. The molecule has 1 aliphatic heterocycles. The molecule has 0 spiro atoms. The number of ether oxygens (including phenoxy) is 3. The van der Waals surface area contributed by atoms with Crippen molar-refractivity contribution in [2.45, 2.75) is 39.2 Å². The van der Waals surface area contributed by atoms with Crippen molar-refractivity contribution >= 4 is 17.5 Å². The first-order valence-corrected chi connectivity index (χ1v) is 11.8. The maximum absolute atomic E-state index is 13.7. The highest BCUT2D eigenvalue weighted by atomic mass is 16.5. The topological polar surface area (TPSA) is 102 Å². The number of phenols is 1. The molecule has 0 aromatic heterocycles. The van der Waals surface area contributed by atoms with Gasteiger partial charge in [0.05, 0.1) is 19.8 Å². The first kappa shape index (κ1) is 26.2. The number of ketones is 2.